The Hall–Kier alpha value is -0.890. The number of halogens is 3. The lowest BCUT2D eigenvalue weighted by molar-refractivity contribution is -0.402. The van der Waals surface area contributed by atoms with Gasteiger partial charge in [0.1, 0.15) is 17.4 Å². The van der Waals surface area contributed by atoms with E-state index in [0.29, 0.717) is 18.8 Å². The third-order valence-electron chi connectivity index (χ3n) is 2.86. The summed E-state index contributed by atoms with van der Waals surface area (Å²) in [6, 6.07) is 2.22. The first kappa shape index (κ1) is 18.1. The molecule has 0 radical (unpaired) electrons. The van der Waals surface area contributed by atoms with Gasteiger partial charge in [0.25, 0.3) is 0 Å². The highest BCUT2D eigenvalue weighted by Gasteiger charge is 2.26. The SMILES string of the molecule is Cl.Cl.O=[N+]([O-])c1ccc([C@@H](CF)N2CCNCC2)o1. The summed E-state index contributed by atoms with van der Waals surface area (Å²) < 4.78 is 18.1. The van der Waals surface area contributed by atoms with Gasteiger partial charge in [-0.3, -0.25) is 15.0 Å². The third kappa shape index (κ3) is 4.31. The molecule has 1 aliphatic rings. The number of nitro groups is 1. The van der Waals surface area contributed by atoms with Gasteiger partial charge in [0.15, 0.2) is 0 Å². The van der Waals surface area contributed by atoms with E-state index in [2.05, 4.69) is 5.32 Å². The Morgan fingerprint density at radius 1 is 1.42 bits per heavy atom. The van der Waals surface area contributed by atoms with E-state index in [1.165, 1.54) is 12.1 Å². The number of alkyl halides is 1. The monoisotopic (exact) mass is 315 g/mol. The second-order valence-corrected chi connectivity index (χ2v) is 3.89. The number of furan rings is 1. The maximum atomic E-state index is 13.0. The zero-order valence-electron chi connectivity index (χ0n) is 10.1. The van der Waals surface area contributed by atoms with Crippen LogP contribution in [-0.2, 0) is 0 Å². The number of nitrogens with zero attached hydrogens (tertiary/aromatic N) is 2. The van der Waals surface area contributed by atoms with Crippen molar-refractivity contribution in [3.05, 3.63) is 28.0 Å². The highest BCUT2D eigenvalue weighted by atomic mass is 35.5. The van der Waals surface area contributed by atoms with Gasteiger partial charge >= 0.3 is 5.88 Å². The Morgan fingerprint density at radius 3 is 2.53 bits per heavy atom. The van der Waals surface area contributed by atoms with Gasteiger partial charge in [-0.25, -0.2) is 4.39 Å². The van der Waals surface area contributed by atoms with Crippen LogP contribution in [0.25, 0.3) is 0 Å². The fourth-order valence-electron chi connectivity index (χ4n) is 1.97. The number of hydrogen-bond acceptors (Lipinski definition) is 5. The van der Waals surface area contributed by atoms with Crippen molar-refractivity contribution in [3.63, 3.8) is 0 Å². The van der Waals surface area contributed by atoms with Crippen molar-refractivity contribution in [1.29, 1.82) is 0 Å². The molecule has 1 fully saturated rings. The predicted octanol–water partition coefficient (Wildman–Crippen LogP) is 1.95. The van der Waals surface area contributed by atoms with Crippen molar-refractivity contribution < 1.29 is 13.7 Å². The molecule has 0 spiro atoms. The topological polar surface area (TPSA) is 71.6 Å². The van der Waals surface area contributed by atoms with Crippen LogP contribution in [0.4, 0.5) is 10.3 Å². The number of hydrogen-bond donors (Lipinski definition) is 1. The summed E-state index contributed by atoms with van der Waals surface area (Å²) in [4.78, 5) is 11.8. The van der Waals surface area contributed by atoms with E-state index in [1.807, 2.05) is 4.90 Å². The zero-order valence-corrected chi connectivity index (χ0v) is 11.7. The Morgan fingerprint density at radius 2 is 2.05 bits per heavy atom. The molecule has 0 saturated carbocycles. The Labute approximate surface area is 122 Å². The molecule has 1 saturated heterocycles. The van der Waals surface area contributed by atoms with Gasteiger partial charge in [-0.2, -0.15) is 0 Å². The quantitative estimate of drug-likeness (QED) is 0.679. The molecular formula is C10H16Cl2FN3O3. The van der Waals surface area contributed by atoms with Crippen LogP contribution in [0.2, 0.25) is 0 Å². The molecule has 0 bridgehead atoms. The molecule has 6 nitrogen and oxygen atoms in total. The molecule has 0 aliphatic carbocycles. The zero-order chi connectivity index (χ0) is 12.3. The molecular weight excluding hydrogens is 300 g/mol. The van der Waals surface area contributed by atoms with E-state index in [4.69, 9.17) is 4.42 Å². The van der Waals surface area contributed by atoms with Crippen molar-refractivity contribution in [3.8, 4) is 0 Å². The fraction of sp³-hybridized carbons (Fsp3) is 0.600. The average molecular weight is 316 g/mol. The molecule has 0 unspecified atom stereocenters. The second kappa shape index (κ2) is 8.31. The van der Waals surface area contributed by atoms with Crippen LogP contribution in [0.3, 0.4) is 0 Å². The van der Waals surface area contributed by atoms with Gasteiger partial charge in [-0.15, -0.1) is 24.8 Å². The summed E-state index contributed by atoms with van der Waals surface area (Å²) in [5.74, 6) is -0.0188. The molecule has 1 atom stereocenters. The van der Waals surface area contributed by atoms with Crippen LogP contribution in [0.15, 0.2) is 16.5 Å². The van der Waals surface area contributed by atoms with Crippen LogP contribution < -0.4 is 5.32 Å². The Balaban J connectivity index is 0.00000162. The summed E-state index contributed by atoms with van der Waals surface area (Å²) >= 11 is 0. The van der Waals surface area contributed by atoms with Gasteiger partial charge in [0, 0.05) is 26.2 Å². The summed E-state index contributed by atoms with van der Waals surface area (Å²) in [6.45, 7) is 2.40. The first-order valence-corrected chi connectivity index (χ1v) is 5.47. The van der Waals surface area contributed by atoms with E-state index < -0.39 is 17.6 Å². The highest BCUT2D eigenvalue weighted by Crippen LogP contribution is 2.26. The third-order valence-corrected chi connectivity index (χ3v) is 2.86. The van der Waals surface area contributed by atoms with Crippen molar-refractivity contribution in [2.45, 2.75) is 6.04 Å². The normalized spacial score (nSPS) is 17.1. The summed E-state index contributed by atoms with van der Waals surface area (Å²) in [7, 11) is 0. The molecule has 0 aromatic carbocycles. The number of piperazine rings is 1. The maximum Gasteiger partial charge on any atom is 0.433 e. The molecule has 9 heteroatoms. The van der Waals surface area contributed by atoms with Crippen LogP contribution >= 0.6 is 24.8 Å². The minimum atomic E-state index is -0.615. The Bertz CT molecular complexity index is 399. The van der Waals surface area contributed by atoms with Crippen molar-refractivity contribution in [2.75, 3.05) is 32.9 Å². The lowest BCUT2D eigenvalue weighted by Crippen LogP contribution is -2.45. The maximum absolute atomic E-state index is 13.0. The van der Waals surface area contributed by atoms with E-state index in [0.717, 1.165) is 13.1 Å². The van der Waals surface area contributed by atoms with Crippen molar-refractivity contribution >= 4 is 30.7 Å². The van der Waals surface area contributed by atoms with Gasteiger partial charge in [-0.1, -0.05) is 0 Å². The molecule has 1 aromatic rings. The molecule has 110 valence electrons. The molecule has 0 amide bonds. The van der Waals surface area contributed by atoms with E-state index in [1.54, 1.807) is 0 Å². The van der Waals surface area contributed by atoms with Crippen LogP contribution in [-0.4, -0.2) is 42.7 Å². The highest BCUT2D eigenvalue weighted by molar-refractivity contribution is 5.85. The van der Waals surface area contributed by atoms with E-state index >= 15 is 0 Å². The second-order valence-electron chi connectivity index (χ2n) is 3.89. The first-order valence-electron chi connectivity index (χ1n) is 5.47. The minimum Gasteiger partial charge on any atom is -0.404 e. The predicted molar refractivity (Wildman–Crippen MR) is 73.0 cm³/mol. The van der Waals surface area contributed by atoms with Gasteiger partial charge in [0.05, 0.1) is 12.1 Å². The number of nitrogens with one attached hydrogen (secondary N) is 1. The summed E-state index contributed by atoms with van der Waals surface area (Å²) in [5.41, 5.74) is 0. The molecule has 2 heterocycles. The van der Waals surface area contributed by atoms with Gasteiger partial charge in [-0.05, 0) is 6.07 Å². The molecule has 1 aliphatic heterocycles. The lowest BCUT2D eigenvalue weighted by atomic mass is 10.2. The molecule has 1 N–H and O–H groups in total. The largest absolute Gasteiger partial charge is 0.433 e. The average Bonchev–Trinajstić information content (AvgIpc) is 2.81. The first-order chi connectivity index (χ1) is 8.22. The van der Waals surface area contributed by atoms with E-state index in [9.17, 15) is 14.5 Å². The summed E-state index contributed by atoms with van der Waals surface area (Å²) in [5, 5.41) is 13.7. The number of rotatable bonds is 4. The minimum absolute atomic E-state index is 0. The lowest BCUT2D eigenvalue weighted by Gasteiger charge is -2.32. The van der Waals surface area contributed by atoms with Crippen molar-refractivity contribution in [1.82, 2.24) is 10.2 Å². The smallest absolute Gasteiger partial charge is 0.404 e. The Kier molecular flexibility index (Phi) is 7.93. The van der Waals surface area contributed by atoms with E-state index in [-0.39, 0.29) is 30.7 Å². The van der Waals surface area contributed by atoms with Crippen molar-refractivity contribution in [2.24, 2.45) is 0 Å². The molecule has 19 heavy (non-hydrogen) atoms. The van der Waals surface area contributed by atoms with Crippen LogP contribution in [0.1, 0.15) is 11.8 Å². The standard InChI is InChI=1S/C10H14FN3O3.2ClH/c11-7-8(13-5-3-12-4-6-13)9-1-2-10(17-9)14(15)16;;/h1-2,8,12H,3-7H2;2*1H/t8-;;/m1../s1. The molecule has 1 aromatic heterocycles. The van der Waals surface area contributed by atoms with Crippen LogP contribution in [0.5, 0.6) is 0 Å². The summed E-state index contributed by atoms with van der Waals surface area (Å²) in [6.07, 6.45) is 0. The van der Waals surface area contributed by atoms with Gasteiger partial charge in [0.2, 0.25) is 0 Å². The van der Waals surface area contributed by atoms with Gasteiger partial charge < -0.3 is 9.73 Å². The fourth-order valence-corrected chi connectivity index (χ4v) is 1.97. The molecule has 2 rings (SSSR count). The van der Waals surface area contributed by atoms with Crippen LogP contribution in [0, 0.1) is 10.1 Å².